The van der Waals surface area contributed by atoms with Crippen LogP contribution < -0.4 is 5.32 Å². The summed E-state index contributed by atoms with van der Waals surface area (Å²) < 4.78 is 27.9. The van der Waals surface area contributed by atoms with Crippen molar-refractivity contribution < 1.29 is 13.2 Å². The summed E-state index contributed by atoms with van der Waals surface area (Å²) in [6, 6.07) is 9.48. The van der Waals surface area contributed by atoms with Crippen LogP contribution >= 0.6 is 0 Å². The van der Waals surface area contributed by atoms with Crippen molar-refractivity contribution in [2.24, 2.45) is 0 Å². The molecule has 0 spiro atoms. The Labute approximate surface area is 132 Å². The van der Waals surface area contributed by atoms with E-state index in [4.69, 9.17) is 0 Å². The number of hydrogen-bond acceptors (Lipinski definition) is 3. The number of amides is 1. The van der Waals surface area contributed by atoms with Gasteiger partial charge < -0.3 is 5.32 Å². The lowest BCUT2D eigenvalue weighted by Gasteiger charge is -2.34. The summed E-state index contributed by atoms with van der Waals surface area (Å²) in [6.07, 6.45) is 0.723. The lowest BCUT2D eigenvalue weighted by Crippen LogP contribution is -2.52. The van der Waals surface area contributed by atoms with Gasteiger partial charge in [-0.3, -0.25) is 4.79 Å². The molecule has 22 heavy (non-hydrogen) atoms. The van der Waals surface area contributed by atoms with E-state index >= 15 is 0 Å². The van der Waals surface area contributed by atoms with E-state index in [1.165, 1.54) is 8.61 Å². The standard InChI is InChI=1S/C15H23N3O3S/c1-13(2)16-15(19)12-18-10-6-9-17(22(18,20)21)11-14-7-4-3-5-8-14/h3-5,7-8,13H,6,9-12H2,1-2H3,(H,16,19). The quantitative estimate of drug-likeness (QED) is 0.877. The third-order valence-electron chi connectivity index (χ3n) is 3.44. The van der Waals surface area contributed by atoms with Gasteiger partial charge in [-0.2, -0.15) is 17.0 Å². The molecule has 0 bridgehead atoms. The van der Waals surface area contributed by atoms with Crippen LogP contribution in [0.2, 0.25) is 0 Å². The average Bonchev–Trinajstić information content (AvgIpc) is 2.44. The van der Waals surface area contributed by atoms with E-state index in [9.17, 15) is 13.2 Å². The van der Waals surface area contributed by atoms with Crippen molar-refractivity contribution in [3.05, 3.63) is 35.9 Å². The van der Waals surface area contributed by atoms with Crippen LogP contribution in [-0.2, 0) is 21.5 Å². The number of carbonyl (C=O) groups is 1. The molecule has 0 aliphatic carbocycles. The Bertz CT molecular complexity index is 602. The highest BCUT2D eigenvalue weighted by atomic mass is 32.2. The van der Waals surface area contributed by atoms with E-state index in [1.807, 2.05) is 44.2 Å². The van der Waals surface area contributed by atoms with E-state index < -0.39 is 10.2 Å². The maximum atomic E-state index is 12.6. The number of nitrogens with zero attached hydrogens (tertiary/aromatic N) is 2. The van der Waals surface area contributed by atoms with E-state index in [1.54, 1.807) is 0 Å². The van der Waals surface area contributed by atoms with Crippen molar-refractivity contribution in [3.63, 3.8) is 0 Å². The molecule has 1 aliphatic heterocycles. The second kappa shape index (κ2) is 7.21. The van der Waals surface area contributed by atoms with Crippen LogP contribution in [0.15, 0.2) is 30.3 Å². The molecule has 122 valence electrons. The van der Waals surface area contributed by atoms with Gasteiger partial charge in [-0.05, 0) is 25.8 Å². The molecule has 1 saturated heterocycles. The summed E-state index contributed by atoms with van der Waals surface area (Å²) in [7, 11) is -3.59. The molecule has 6 nitrogen and oxygen atoms in total. The Balaban J connectivity index is 2.06. The first-order valence-corrected chi connectivity index (χ1v) is 8.88. The molecule has 0 atom stereocenters. The first-order chi connectivity index (χ1) is 10.4. The molecule has 1 fully saturated rings. The second-order valence-corrected chi connectivity index (χ2v) is 7.66. The van der Waals surface area contributed by atoms with Gasteiger partial charge in [0.15, 0.2) is 0 Å². The SMILES string of the molecule is CC(C)NC(=O)CN1CCCN(Cc2ccccc2)S1(=O)=O. The predicted molar refractivity (Wildman–Crippen MR) is 85.2 cm³/mol. The number of carbonyl (C=O) groups excluding carboxylic acids is 1. The van der Waals surface area contributed by atoms with Gasteiger partial charge in [0.05, 0.1) is 6.54 Å². The molecule has 1 aromatic rings. The largest absolute Gasteiger partial charge is 0.353 e. The monoisotopic (exact) mass is 325 g/mol. The highest BCUT2D eigenvalue weighted by Gasteiger charge is 2.34. The highest BCUT2D eigenvalue weighted by molar-refractivity contribution is 7.86. The minimum Gasteiger partial charge on any atom is -0.353 e. The van der Waals surface area contributed by atoms with E-state index in [0.29, 0.717) is 19.6 Å². The van der Waals surface area contributed by atoms with Crippen LogP contribution in [0.4, 0.5) is 0 Å². The Morgan fingerprint density at radius 3 is 2.45 bits per heavy atom. The lowest BCUT2D eigenvalue weighted by molar-refractivity contribution is -0.121. The van der Waals surface area contributed by atoms with Gasteiger partial charge in [0.2, 0.25) is 5.91 Å². The number of nitrogens with one attached hydrogen (secondary N) is 1. The van der Waals surface area contributed by atoms with Crippen molar-refractivity contribution in [2.75, 3.05) is 19.6 Å². The summed E-state index contributed by atoms with van der Waals surface area (Å²) in [5.41, 5.74) is 0.944. The zero-order chi connectivity index (χ0) is 16.2. The second-order valence-electron chi connectivity index (χ2n) is 5.74. The van der Waals surface area contributed by atoms with Crippen LogP contribution in [0, 0.1) is 0 Å². The topological polar surface area (TPSA) is 69.7 Å². The van der Waals surface area contributed by atoms with Crippen molar-refractivity contribution in [1.29, 1.82) is 0 Å². The maximum Gasteiger partial charge on any atom is 0.282 e. The molecule has 7 heteroatoms. The fourth-order valence-electron chi connectivity index (χ4n) is 2.45. The van der Waals surface area contributed by atoms with Crippen LogP contribution in [0.1, 0.15) is 25.8 Å². The Morgan fingerprint density at radius 2 is 1.82 bits per heavy atom. The molecular formula is C15H23N3O3S. The third kappa shape index (κ3) is 4.28. The Kier molecular flexibility index (Phi) is 5.55. The molecule has 0 aromatic heterocycles. The lowest BCUT2D eigenvalue weighted by atomic mass is 10.2. The van der Waals surface area contributed by atoms with Gasteiger partial charge in [0.25, 0.3) is 10.2 Å². The van der Waals surface area contributed by atoms with Gasteiger partial charge in [0, 0.05) is 25.7 Å². The van der Waals surface area contributed by atoms with Gasteiger partial charge in [-0.25, -0.2) is 0 Å². The fraction of sp³-hybridized carbons (Fsp3) is 0.533. The van der Waals surface area contributed by atoms with Gasteiger partial charge >= 0.3 is 0 Å². The molecule has 1 heterocycles. The number of rotatable bonds is 5. The van der Waals surface area contributed by atoms with Crippen LogP contribution in [0.5, 0.6) is 0 Å². The van der Waals surface area contributed by atoms with Gasteiger partial charge in [-0.1, -0.05) is 30.3 Å². The zero-order valence-corrected chi connectivity index (χ0v) is 13.8. The molecular weight excluding hydrogens is 302 g/mol. The summed E-state index contributed by atoms with van der Waals surface area (Å²) in [6.45, 7) is 4.80. The summed E-state index contributed by atoms with van der Waals surface area (Å²) in [5.74, 6) is -0.264. The predicted octanol–water partition coefficient (Wildman–Crippen LogP) is 0.964. The summed E-state index contributed by atoms with van der Waals surface area (Å²) >= 11 is 0. The smallest absolute Gasteiger partial charge is 0.282 e. The highest BCUT2D eigenvalue weighted by Crippen LogP contribution is 2.18. The maximum absolute atomic E-state index is 12.6. The summed E-state index contributed by atoms with van der Waals surface area (Å²) in [5, 5.41) is 2.73. The van der Waals surface area contributed by atoms with Crippen LogP contribution in [-0.4, -0.2) is 48.6 Å². The van der Waals surface area contributed by atoms with Crippen molar-refractivity contribution in [2.45, 2.75) is 32.9 Å². The molecule has 1 N–H and O–H groups in total. The minimum absolute atomic E-state index is 0.000386. The molecule has 0 radical (unpaired) electrons. The van der Waals surface area contributed by atoms with Crippen LogP contribution in [0.3, 0.4) is 0 Å². The Morgan fingerprint density at radius 1 is 1.18 bits per heavy atom. The first-order valence-electron chi connectivity index (χ1n) is 7.48. The summed E-state index contributed by atoms with van der Waals surface area (Å²) in [4.78, 5) is 11.8. The van der Waals surface area contributed by atoms with Crippen LogP contribution in [0.25, 0.3) is 0 Å². The van der Waals surface area contributed by atoms with E-state index in [2.05, 4.69) is 5.32 Å². The van der Waals surface area contributed by atoms with Crippen molar-refractivity contribution in [3.8, 4) is 0 Å². The van der Waals surface area contributed by atoms with Crippen molar-refractivity contribution in [1.82, 2.24) is 13.9 Å². The van der Waals surface area contributed by atoms with E-state index in [-0.39, 0.29) is 18.5 Å². The number of hydrogen-bond donors (Lipinski definition) is 1. The molecule has 1 aliphatic rings. The Hall–Kier alpha value is -1.44. The molecule has 1 amide bonds. The average molecular weight is 325 g/mol. The fourth-order valence-corrected chi connectivity index (χ4v) is 4.09. The molecule has 2 rings (SSSR count). The molecule has 0 unspecified atom stereocenters. The molecule has 0 saturated carbocycles. The van der Waals surface area contributed by atoms with Gasteiger partial charge in [0.1, 0.15) is 0 Å². The third-order valence-corrected chi connectivity index (χ3v) is 5.37. The number of benzene rings is 1. The van der Waals surface area contributed by atoms with E-state index in [0.717, 1.165) is 12.0 Å². The van der Waals surface area contributed by atoms with Gasteiger partial charge in [-0.15, -0.1) is 0 Å². The minimum atomic E-state index is -3.59. The van der Waals surface area contributed by atoms with Crippen molar-refractivity contribution >= 4 is 16.1 Å². The first kappa shape index (κ1) is 16.9. The normalized spacial score (nSPS) is 19.2. The zero-order valence-electron chi connectivity index (χ0n) is 13.0. The molecule has 1 aromatic carbocycles.